The summed E-state index contributed by atoms with van der Waals surface area (Å²) in [6, 6.07) is 14.5. The van der Waals surface area contributed by atoms with Crippen molar-refractivity contribution < 1.29 is 4.79 Å². The molecule has 1 amide bonds. The van der Waals surface area contributed by atoms with Gasteiger partial charge in [-0.2, -0.15) is 0 Å². The Bertz CT molecular complexity index is 861. The molecule has 0 aliphatic carbocycles. The molecule has 3 rings (SSSR count). The minimum absolute atomic E-state index is 0.00554. The lowest BCUT2D eigenvalue weighted by Crippen LogP contribution is -2.18. The second-order valence-corrected chi connectivity index (χ2v) is 6.06. The SMILES string of the molecule is CCc1ccc2c(ccn2CC(=O)Nc2ccc(C)cc2C)c1. The molecule has 0 saturated heterocycles. The number of fused-ring (bicyclic) bond motifs is 1. The lowest BCUT2D eigenvalue weighted by atomic mass is 10.1. The van der Waals surface area contributed by atoms with E-state index in [1.807, 2.05) is 29.8 Å². The summed E-state index contributed by atoms with van der Waals surface area (Å²) < 4.78 is 1.99. The minimum atomic E-state index is -0.00554. The lowest BCUT2D eigenvalue weighted by Gasteiger charge is -2.10. The number of hydrogen-bond acceptors (Lipinski definition) is 1. The van der Waals surface area contributed by atoms with E-state index in [0.717, 1.165) is 23.2 Å². The fourth-order valence-corrected chi connectivity index (χ4v) is 2.91. The van der Waals surface area contributed by atoms with Crippen LogP contribution in [0.25, 0.3) is 10.9 Å². The lowest BCUT2D eigenvalue weighted by molar-refractivity contribution is -0.116. The molecule has 0 radical (unpaired) electrons. The van der Waals surface area contributed by atoms with Crippen LogP contribution in [-0.4, -0.2) is 10.5 Å². The number of aromatic nitrogens is 1. The molecule has 0 spiro atoms. The Morgan fingerprint density at radius 3 is 2.65 bits per heavy atom. The van der Waals surface area contributed by atoms with Gasteiger partial charge in [-0.15, -0.1) is 0 Å². The first kappa shape index (κ1) is 15.3. The Hall–Kier alpha value is -2.55. The van der Waals surface area contributed by atoms with Crippen molar-refractivity contribution in [1.82, 2.24) is 4.57 Å². The number of nitrogens with zero attached hydrogens (tertiary/aromatic N) is 1. The summed E-state index contributed by atoms with van der Waals surface area (Å²) >= 11 is 0. The van der Waals surface area contributed by atoms with Gasteiger partial charge >= 0.3 is 0 Å². The summed E-state index contributed by atoms with van der Waals surface area (Å²) in [5, 5.41) is 4.19. The highest BCUT2D eigenvalue weighted by molar-refractivity contribution is 5.92. The fourth-order valence-electron chi connectivity index (χ4n) is 2.91. The Labute approximate surface area is 136 Å². The Balaban J connectivity index is 1.77. The third-order valence-electron chi connectivity index (χ3n) is 4.21. The first-order valence-corrected chi connectivity index (χ1v) is 8.01. The average molecular weight is 306 g/mol. The first-order valence-electron chi connectivity index (χ1n) is 8.01. The van der Waals surface area contributed by atoms with Crippen LogP contribution in [0.15, 0.2) is 48.7 Å². The van der Waals surface area contributed by atoms with Crippen molar-refractivity contribution in [2.75, 3.05) is 5.32 Å². The van der Waals surface area contributed by atoms with Crippen molar-refractivity contribution >= 4 is 22.5 Å². The van der Waals surface area contributed by atoms with Gasteiger partial charge in [0.05, 0.1) is 0 Å². The van der Waals surface area contributed by atoms with Crippen LogP contribution in [0.5, 0.6) is 0 Å². The van der Waals surface area contributed by atoms with Crippen LogP contribution in [0.3, 0.4) is 0 Å². The standard InChI is InChI=1S/C20H22N2O/c1-4-16-6-8-19-17(12-16)9-10-22(19)13-20(23)21-18-7-5-14(2)11-15(18)3/h5-12H,4,13H2,1-3H3,(H,21,23). The second kappa shape index (κ2) is 6.29. The zero-order valence-corrected chi connectivity index (χ0v) is 13.9. The molecule has 0 aliphatic rings. The van der Waals surface area contributed by atoms with Crippen LogP contribution in [0, 0.1) is 13.8 Å². The summed E-state index contributed by atoms with van der Waals surface area (Å²) in [5.41, 5.74) is 5.57. The summed E-state index contributed by atoms with van der Waals surface area (Å²) in [6.45, 7) is 6.53. The molecule has 0 saturated carbocycles. The van der Waals surface area contributed by atoms with Gasteiger partial charge in [0.2, 0.25) is 5.91 Å². The van der Waals surface area contributed by atoms with E-state index in [1.165, 1.54) is 16.5 Å². The van der Waals surface area contributed by atoms with Crippen LogP contribution in [0.2, 0.25) is 0 Å². The molecule has 0 atom stereocenters. The second-order valence-electron chi connectivity index (χ2n) is 6.06. The van der Waals surface area contributed by atoms with Crippen LogP contribution in [0.4, 0.5) is 5.69 Å². The molecule has 1 N–H and O–H groups in total. The van der Waals surface area contributed by atoms with E-state index < -0.39 is 0 Å². The topological polar surface area (TPSA) is 34.0 Å². The van der Waals surface area contributed by atoms with Crippen molar-refractivity contribution in [3.05, 3.63) is 65.4 Å². The molecule has 23 heavy (non-hydrogen) atoms. The summed E-state index contributed by atoms with van der Waals surface area (Å²) in [7, 11) is 0. The quantitative estimate of drug-likeness (QED) is 0.758. The predicted molar refractivity (Wildman–Crippen MR) is 95.9 cm³/mol. The van der Waals surface area contributed by atoms with E-state index in [2.05, 4.69) is 49.5 Å². The van der Waals surface area contributed by atoms with Gasteiger partial charge in [-0.05, 0) is 61.0 Å². The van der Waals surface area contributed by atoms with Crippen LogP contribution >= 0.6 is 0 Å². The van der Waals surface area contributed by atoms with E-state index in [-0.39, 0.29) is 5.91 Å². The molecular formula is C20H22N2O. The van der Waals surface area contributed by atoms with E-state index in [0.29, 0.717) is 6.54 Å². The van der Waals surface area contributed by atoms with Crippen LogP contribution < -0.4 is 5.32 Å². The van der Waals surface area contributed by atoms with Gasteiger partial charge in [0.1, 0.15) is 6.54 Å². The molecule has 3 aromatic rings. The normalized spacial score (nSPS) is 10.9. The van der Waals surface area contributed by atoms with Crippen LogP contribution in [0.1, 0.15) is 23.6 Å². The molecule has 0 bridgehead atoms. The van der Waals surface area contributed by atoms with Gasteiger partial charge < -0.3 is 9.88 Å². The maximum atomic E-state index is 12.4. The number of benzene rings is 2. The fraction of sp³-hybridized carbons (Fsp3) is 0.250. The molecule has 1 aromatic heterocycles. The number of anilines is 1. The van der Waals surface area contributed by atoms with E-state index in [1.54, 1.807) is 0 Å². The van der Waals surface area contributed by atoms with Crippen molar-refractivity contribution in [1.29, 1.82) is 0 Å². The minimum Gasteiger partial charge on any atom is -0.338 e. The van der Waals surface area contributed by atoms with Crippen molar-refractivity contribution in [2.24, 2.45) is 0 Å². The zero-order chi connectivity index (χ0) is 16.4. The molecule has 118 valence electrons. The number of rotatable bonds is 4. The highest BCUT2D eigenvalue weighted by Crippen LogP contribution is 2.19. The molecule has 0 fully saturated rings. The van der Waals surface area contributed by atoms with E-state index in [4.69, 9.17) is 0 Å². The highest BCUT2D eigenvalue weighted by atomic mass is 16.1. The number of hydrogen-bond donors (Lipinski definition) is 1. The summed E-state index contributed by atoms with van der Waals surface area (Å²) in [5.74, 6) is -0.00554. The Morgan fingerprint density at radius 1 is 1.09 bits per heavy atom. The van der Waals surface area contributed by atoms with Crippen molar-refractivity contribution in [3.8, 4) is 0 Å². The summed E-state index contributed by atoms with van der Waals surface area (Å²) in [6.07, 6.45) is 3.00. The molecule has 0 unspecified atom stereocenters. The van der Waals surface area contributed by atoms with Gasteiger partial charge in [0, 0.05) is 17.4 Å². The van der Waals surface area contributed by atoms with Gasteiger partial charge in [-0.25, -0.2) is 0 Å². The van der Waals surface area contributed by atoms with Crippen LogP contribution in [-0.2, 0) is 17.8 Å². The number of amides is 1. The third kappa shape index (κ3) is 3.29. The highest BCUT2D eigenvalue weighted by Gasteiger charge is 2.08. The molecule has 1 heterocycles. The van der Waals surface area contributed by atoms with E-state index in [9.17, 15) is 4.79 Å². The average Bonchev–Trinajstić information content (AvgIpc) is 2.92. The molecule has 3 nitrogen and oxygen atoms in total. The number of aryl methyl sites for hydroxylation is 3. The van der Waals surface area contributed by atoms with Gasteiger partial charge in [0.15, 0.2) is 0 Å². The zero-order valence-electron chi connectivity index (χ0n) is 13.9. The maximum absolute atomic E-state index is 12.4. The predicted octanol–water partition coefficient (Wildman–Crippen LogP) is 4.46. The van der Waals surface area contributed by atoms with Gasteiger partial charge in [-0.3, -0.25) is 4.79 Å². The first-order chi connectivity index (χ1) is 11.1. The third-order valence-corrected chi connectivity index (χ3v) is 4.21. The van der Waals surface area contributed by atoms with Crippen molar-refractivity contribution in [2.45, 2.75) is 33.7 Å². The largest absolute Gasteiger partial charge is 0.338 e. The number of nitrogens with one attached hydrogen (secondary N) is 1. The molecular weight excluding hydrogens is 284 g/mol. The molecule has 0 aliphatic heterocycles. The maximum Gasteiger partial charge on any atom is 0.244 e. The van der Waals surface area contributed by atoms with Gasteiger partial charge in [-0.1, -0.05) is 30.7 Å². The van der Waals surface area contributed by atoms with E-state index >= 15 is 0 Å². The molecule has 2 aromatic carbocycles. The smallest absolute Gasteiger partial charge is 0.244 e. The Morgan fingerprint density at radius 2 is 1.91 bits per heavy atom. The Kier molecular flexibility index (Phi) is 4.20. The monoisotopic (exact) mass is 306 g/mol. The van der Waals surface area contributed by atoms with Crippen molar-refractivity contribution in [3.63, 3.8) is 0 Å². The molecule has 3 heteroatoms. The number of carbonyl (C=O) groups is 1. The number of carbonyl (C=O) groups excluding carboxylic acids is 1. The summed E-state index contributed by atoms with van der Waals surface area (Å²) in [4.78, 5) is 12.4. The van der Waals surface area contributed by atoms with Gasteiger partial charge in [0.25, 0.3) is 0 Å².